The minimum absolute atomic E-state index is 0.0994. The first-order valence-corrected chi connectivity index (χ1v) is 5.71. The number of benzene rings is 1. The molecule has 2 rings (SSSR count). The molecule has 1 aromatic carbocycles. The lowest BCUT2D eigenvalue weighted by atomic mass is 9.75. The molecule has 0 bridgehead atoms. The van der Waals surface area contributed by atoms with Crippen LogP contribution in [0.2, 0.25) is 0 Å². The van der Waals surface area contributed by atoms with Gasteiger partial charge in [0.25, 0.3) is 0 Å². The van der Waals surface area contributed by atoms with Gasteiger partial charge in [-0.25, -0.2) is 5.90 Å². The largest absolute Gasteiger partial charge is 0.301 e. The van der Waals surface area contributed by atoms with E-state index in [0.29, 0.717) is 0 Å². The molecule has 0 amide bonds. The molecule has 1 fully saturated rings. The molecule has 2 heteroatoms. The van der Waals surface area contributed by atoms with Crippen molar-refractivity contribution >= 4 is 0 Å². The Balaban J connectivity index is 2.35. The van der Waals surface area contributed by atoms with Gasteiger partial charge in [-0.05, 0) is 25.3 Å². The summed E-state index contributed by atoms with van der Waals surface area (Å²) in [5, 5.41) is 0. The van der Waals surface area contributed by atoms with E-state index in [1.54, 1.807) is 0 Å². The fourth-order valence-corrected chi connectivity index (χ4v) is 2.84. The smallest absolute Gasteiger partial charge is 0.0855 e. The molecule has 1 saturated carbocycles. The second-order valence-electron chi connectivity index (χ2n) is 4.51. The molecule has 0 saturated heterocycles. The van der Waals surface area contributed by atoms with Crippen LogP contribution in [0.3, 0.4) is 0 Å². The summed E-state index contributed by atoms with van der Waals surface area (Å²) in [7, 11) is 0. The maximum atomic E-state index is 5.37. The van der Waals surface area contributed by atoms with Crippen molar-refractivity contribution < 1.29 is 4.84 Å². The number of rotatable bonds is 3. The number of nitrogens with two attached hydrogens (primary N) is 1. The molecule has 82 valence electrons. The zero-order valence-electron chi connectivity index (χ0n) is 9.28. The van der Waals surface area contributed by atoms with Crippen LogP contribution in [-0.4, -0.2) is 6.10 Å². The van der Waals surface area contributed by atoms with E-state index in [1.165, 1.54) is 31.2 Å². The molecule has 0 spiro atoms. The Bertz CT molecular complexity index is 304. The Morgan fingerprint density at radius 2 is 1.80 bits per heavy atom. The van der Waals surface area contributed by atoms with Crippen molar-refractivity contribution in [3.05, 3.63) is 35.9 Å². The van der Waals surface area contributed by atoms with Crippen molar-refractivity contribution in [2.75, 3.05) is 0 Å². The molecule has 0 aromatic heterocycles. The Morgan fingerprint density at radius 1 is 1.20 bits per heavy atom. The van der Waals surface area contributed by atoms with Gasteiger partial charge in [0.1, 0.15) is 0 Å². The summed E-state index contributed by atoms with van der Waals surface area (Å²) >= 11 is 0. The van der Waals surface area contributed by atoms with Crippen LogP contribution in [0.5, 0.6) is 0 Å². The van der Waals surface area contributed by atoms with Gasteiger partial charge in [0, 0.05) is 5.41 Å². The third-order valence-corrected chi connectivity index (χ3v) is 3.83. The van der Waals surface area contributed by atoms with Crippen LogP contribution in [0.4, 0.5) is 0 Å². The highest BCUT2D eigenvalue weighted by atomic mass is 16.6. The zero-order valence-corrected chi connectivity index (χ0v) is 9.28. The van der Waals surface area contributed by atoms with E-state index in [-0.39, 0.29) is 11.5 Å². The van der Waals surface area contributed by atoms with Gasteiger partial charge >= 0.3 is 0 Å². The number of hydrogen-bond donors (Lipinski definition) is 1. The minimum Gasteiger partial charge on any atom is -0.301 e. The highest BCUT2D eigenvalue weighted by molar-refractivity contribution is 5.28. The SMILES string of the molecule is CC(ON)C1(c2ccccc2)CCCC1. The van der Waals surface area contributed by atoms with Gasteiger partial charge in [-0.2, -0.15) is 0 Å². The van der Waals surface area contributed by atoms with E-state index in [0.717, 1.165) is 0 Å². The van der Waals surface area contributed by atoms with E-state index in [1.807, 2.05) is 0 Å². The predicted molar refractivity (Wildman–Crippen MR) is 61.3 cm³/mol. The molecular weight excluding hydrogens is 186 g/mol. The third-order valence-electron chi connectivity index (χ3n) is 3.83. The number of hydrogen-bond acceptors (Lipinski definition) is 2. The quantitative estimate of drug-likeness (QED) is 0.770. The van der Waals surface area contributed by atoms with Crippen molar-refractivity contribution in [3.63, 3.8) is 0 Å². The van der Waals surface area contributed by atoms with E-state index in [4.69, 9.17) is 10.7 Å². The minimum atomic E-state index is 0.0994. The fraction of sp³-hybridized carbons (Fsp3) is 0.538. The first-order chi connectivity index (χ1) is 7.29. The van der Waals surface area contributed by atoms with E-state index in [9.17, 15) is 0 Å². The zero-order chi connectivity index (χ0) is 10.7. The lowest BCUT2D eigenvalue weighted by Crippen LogP contribution is -2.38. The van der Waals surface area contributed by atoms with Crippen LogP contribution in [0.15, 0.2) is 30.3 Å². The monoisotopic (exact) mass is 205 g/mol. The van der Waals surface area contributed by atoms with Crippen LogP contribution in [0.1, 0.15) is 38.2 Å². The molecular formula is C13H19NO. The van der Waals surface area contributed by atoms with Crippen LogP contribution >= 0.6 is 0 Å². The first-order valence-electron chi connectivity index (χ1n) is 5.71. The lowest BCUT2D eigenvalue weighted by Gasteiger charge is -2.34. The van der Waals surface area contributed by atoms with Gasteiger partial charge in [0.2, 0.25) is 0 Å². The van der Waals surface area contributed by atoms with E-state index >= 15 is 0 Å². The van der Waals surface area contributed by atoms with Crippen molar-refractivity contribution in [3.8, 4) is 0 Å². The fourth-order valence-electron chi connectivity index (χ4n) is 2.84. The Labute approximate surface area is 91.4 Å². The van der Waals surface area contributed by atoms with Crippen molar-refractivity contribution in [1.82, 2.24) is 0 Å². The highest BCUT2D eigenvalue weighted by Gasteiger charge is 2.41. The molecule has 1 atom stereocenters. The highest BCUT2D eigenvalue weighted by Crippen LogP contribution is 2.44. The molecule has 0 aliphatic heterocycles. The molecule has 1 unspecified atom stereocenters. The van der Waals surface area contributed by atoms with E-state index in [2.05, 4.69) is 37.3 Å². The summed E-state index contributed by atoms with van der Waals surface area (Å²) in [5.74, 6) is 5.37. The second kappa shape index (κ2) is 4.33. The van der Waals surface area contributed by atoms with Crippen LogP contribution in [0.25, 0.3) is 0 Å². The summed E-state index contributed by atoms with van der Waals surface area (Å²) in [4.78, 5) is 5.09. The van der Waals surface area contributed by atoms with Gasteiger partial charge in [-0.15, -0.1) is 0 Å². The molecule has 2 nitrogen and oxygen atoms in total. The van der Waals surface area contributed by atoms with Crippen LogP contribution in [0, 0.1) is 0 Å². The first kappa shape index (κ1) is 10.7. The Hall–Kier alpha value is -0.860. The Kier molecular flexibility index (Phi) is 3.08. The maximum Gasteiger partial charge on any atom is 0.0855 e. The van der Waals surface area contributed by atoms with Crippen LogP contribution in [-0.2, 0) is 10.3 Å². The molecule has 1 aliphatic rings. The molecule has 0 heterocycles. The predicted octanol–water partition coefficient (Wildman–Crippen LogP) is 2.78. The topological polar surface area (TPSA) is 35.2 Å². The molecule has 15 heavy (non-hydrogen) atoms. The normalized spacial score (nSPS) is 21.5. The average Bonchev–Trinajstić information content (AvgIpc) is 2.79. The average molecular weight is 205 g/mol. The van der Waals surface area contributed by atoms with Gasteiger partial charge in [0.05, 0.1) is 6.10 Å². The molecule has 0 radical (unpaired) electrons. The maximum absolute atomic E-state index is 5.37. The summed E-state index contributed by atoms with van der Waals surface area (Å²) < 4.78 is 0. The van der Waals surface area contributed by atoms with Gasteiger partial charge in [-0.1, -0.05) is 43.2 Å². The second-order valence-corrected chi connectivity index (χ2v) is 4.51. The molecule has 1 aromatic rings. The van der Waals surface area contributed by atoms with Gasteiger partial charge in [-0.3, -0.25) is 0 Å². The van der Waals surface area contributed by atoms with Crippen LogP contribution < -0.4 is 5.90 Å². The summed E-state index contributed by atoms with van der Waals surface area (Å²) in [5.41, 5.74) is 1.52. The Morgan fingerprint density at radius 3 is 2.33 bits per heavy atom. The van der Waals surface area contributed by atoms with Crippen molar-refractivity contribution in [1.29, 1.82) is 0 Å². The van der Waals surface area contributed by atoms with Crippen molar-refractivity contribution in [2.24, 2.45) is 5.90 Å². The molecule has 1 aliphatic carbocycles. The van der Waals surface area contributed by atoms with Crippen molar-refractivity contribution in [2.45, 2.75) is 44.1 Å². The molecule has 2 N–H and O–H groups in total. The third kappa shape index (κ3) is 1.80. The van der Waals surface area contributed by atoms with E-state index < -0.39 is 0 Å². The van der Waals surface area contributed by atoms with Gasteiger partial charge in [0.15, 0.2) is 0 Å². The van der Waals surface area contributed by atoms with Gasteiger partial charge < -0.3 is 4.84 Å². The lowest BCUT2D eigenvalue weighted by molar-refractivity contribution is 0.00796. The summed E-state index contributed by atoms with van der Waals surface area (Å²) in [6, 6.07) is 10.6. The summed E-state index contributed by atoms with van der Waals surface area (Å²) in [6.45, 7) is 2.08. The standard InChI is InChI=1S/C13H19NO/c1-11(15-14)13(9-5-6-10-13)12-7-3-2-4-8-12/h2-4,7-8,11H,5-6,9-10,14H2,1H3. The summed E-state index contributed by atoms with van der Waals surface area (Å²) in [6.07, 6.45) is 5.04.